The lowest BCUT2D eigenvalue weighted by Gasteiger charge is -2.23. The Labute approximate surface area is 98.2 Å². The Morgan fingerprint density at radius 2 is 1.56 bits per heavy atom. The highest BCUT2D eigenvalue weighted by molar-refractivity contribution is 5.46. The standard InChI is InChI=1S/C10H9F6NO/c11-8(10(14,15)16)9(12,13)5-17-6-1-3-7(18)4-2-6/h1-4,8,17-18H,5H2/t8-/m0/s1. The number of hydrogen-bond acceptors (Lipinski definition) is 2. The van der Waals surface area contributed by atoms with Crippen molar-refractivity contribution in [1.29, 1.82) is 0 Å². The van der Waals surface area contributed by atoms with Crippen molar-refractivity contribution in [3.05, 3.63) is 24.3 Å². The summed E-state index contributed by atoms with van der Waals surface area (Å²) in [7, 11) is 0. The van der Waals surface area contributed by atoms with E-state index in [-0.39, 0.29) is 11.4 Å². The summed E-state index contributed by atoms with van der Waals surface area (Å²) in [5.41, 5.74) is 0.0434. The van der Waals surface area contributed by atoms with Crippen molar-refractivity contribution in [1.82, 2.24) is 0 Å². The van der Waals surface area contributed by atoms with E-state index in [4.69, 9.17) is 5.11 Å². The highest BCUT2D eigenvalue weighted by Gasteiger charge is 2.56. The van der Waals surface area contributed by atoms with Crippen LogP contribution in [0.5, 0.6) is 5.75 Å². The van der Waals surface area contributed by atoms with E-state index in [1.165, 1.54) is 12.1 Å². The van der Waals surface area contributed by atoms with E-state index in [2.05, 4.69) is 0 Å². The van der Waals surface area contributed by atoms with Crippen LogP contribution in [0.1, 0.15) is 0 Å². The maximum atomic E-state index is 12.9. The van der Waals surface area contributed by atoms with Crippen molar-refractivity contribution in [3.63, 3.8) is 0 Å². The van der Waals surface area contributed by atoms with Crippen LogP contribution in [0, 0.1) is 0 Å². The lowest BCUT2D eigenvalue weighted by Crippen LogP contribution is -2.46. The summed E-state index contributed by atoms with van der Waals surface area (Å²) < 4.78 is 73.7. The number of anilines is 1. The zero-order chi connectivity index (χ0) is 14.0. The molecule has 0 fully saturated rings. The van der Waals surface area contributed by atoms with Gasteiger partial charge in [-0.15, -0.1) is 0 Å². The van der Waals surface area contributed by atoms with Crippen LogP contribution in [0.15, 0.2) is 24.3 Å². The number of rotatable bonds is 4. The van der Waals surface area contributed by atoms with Gasteiger partial charge in [-0.1, -0.05) is 0 Å². The molecular formula is C10H9F6NO. The predicted octanol–water partition coefficient (Wildman–Crippen LogP) is 3.34. The number of benzene rings is 1. The summed E-state index contributed by atoms with van der Waals surface area (Å²) in [5.74, 6) is -4.71. The summed E-state index contributed by atoms with van der Waals surface area (Å²) in [6, 6.07) is 4.65. The second-order valence-corrected chi connectivity index (χ2v) is 3.57. The van der Waals surface area contributed by atoms with E-state index in [0.717, 1.165) is 12.1 Å². The molecule has 0 aliphatic rings. The van der Waals surface area contributed by atoms with Crippen molar-refractivity contribution in [2.45, 2.75) is 18.3 Å². The van der Waals surface area contributed by atoms with Crippen LogP contribution < -0.4 is 5.32 Å². The van der Waals surface area contributed by atoms with Crippen molar-refractivity contribution in [3.8, 4) is 5.75 Å². The molecule has 2 N–H and O–H groups in total. The molecule has 1 aromatic rings. The number of phenolic OH excluding ortho intramolecular Hbond substituents is 1. The Hall–Kier alpha value is -1.60. The first-order valence-electron chi connectivity index (χ1n) is 4.74. The van der Waals surface area contributed by atoms with Gasteiger partial charge in [-0.3, -0.25) is 0 Å². The van der Waals surface area contributed by atoms with Gasteiger partial charge in [0.1, 0.15) is 5.75 Å². The average Bonchev–Trinajstić information content (AvgIpc) is 2.26. The van der Waals surface area contributed by atoms with E-state index < -0.39 is 24.8 Å². The summed E-state index contributed by atoms with van der Waals surface area (Å²) in [4.78, 5) is 0. The van der Waals surface area contributed by atoms with Crippen LogP contribution in [0.4, 0.5) is 32.0 Å². The Bertz CT molecular complexity index is 388. The van der Waals surface area contributed by atoms with Crippen LogP contribution in [-0.4, -0.2) is 29.9 Å². The van der Waals surface area contributed by atoms with Crippen molar-refractivity contribution >= 4 is 5.69 Å². The van der Waals surface area contributed by atoms with Gasteiger partial charge in [-0.05, 0) is 24.3 Å². The molecule has 18 heavy (non-hydrogen) atoms. The van der Waals surface area contributed by atoms with Gasteiger partial charge in [-0.25, -0.2) is 13.2 Å². The number of alkyl halides is 6. The predicted molar refractivity (Wildman–Crippen MR) is 52.5 cm³/mol. The third-order valence-corrected chi connectivity index (χ3v) is 2.05. The van der Waals surface area contributed by atoms with Crippen LogP contribution in [0.25, 0.3) is 0 Å². The normalized spacial score (nSPS) is 14.3. The van der Waals surface area contributed by atoms with Crippen molar-refractivity contribution < 1.29 is 31.4 Å². The van der Waals surface area contributed by atoms with Gasteiger partial charge >= 0.3 is 12.1 Å². The fraction of sp³-hybridized carbons (Fsp3) is 0.400. The van der Waals surface area contributed by atoms with Crippen LogP contribution in [-0.2, 0) is 0 Å². The van der Waals surface area contributed by atoms with Gasteiger partial charge in [0.15, 0.2) is 0 Å². The molecule has 2 nitrogen and oxygen atoms in total. The van der Waals surface area contributed by atoms with Gasteiger partial charge in [-0.2, -0.15) is 13.2 Å². The molecule has 102 valence electrons. The molecule has 0 bridgehead atoms. The van der Waals surface area contributed by atoms with E-state index in [9.17, 15) is 26.3 Å². The first-order valence-corrected chi connectivity index (χ1v) is 4.74. The van der Waals surface area contributed by atoms with Gasteiger partial charge in [0.25, 0.3) is 6.17 Å². The van der Waals surface area contributed by atoms with Gasteiger partial charge in [0.05, 0.1) is 6.54 Å². The molecule has 1 atom stereocenters. The van der Waals surface area contributed by atoms with E-state index in [1.807, 2.05) is 5.32 Å². The summed E-state index contributed by atoms with van der Waals surface area (Å²) in [6.07, 6.45) is -9.84. The highest BCUT2D eigenvalue weighted by Crippen LogP contribution is 2.35. The summed E-state index contributed by atoms with van der Waals surface area (Å²) in [5, 5.41) is 10.9. The third-order valence-electron chi connectivity index (χ3n) is 2.05. The van der Waals surface area contributed by atoms with E-state index >= 15 is 0 Å². The molecule has 0 saturated heterocycles. The van der Waals surface area contributed by atoms with Crippen molar-refractivity contribution in [2.75, 3.05) is 11.9 Å². The molecule has 0 unspecified atom stereocenters. The largest absolute Gasteiger partial charge is 0.508 e. The van der Waals surface area contributed by atoms with E-state index in [0.29, 0.717) is 0 Å². The molecule has 0 radical (unpaired) electrons. The first-order chi connectivity index (χ1) is 8.13. The number of halogens is 6. The van der Waals surface area contributed by atoms with Crippen LogP contribution >= 0.6 is 0 Å². The molecule has 0 amide bonds. The van der Waals surface area contributed by atoms with E-state index in [1.54, 1.807) is 0 Å². The maximum absolute atomic E-state index is 12.9. The molecule has 0 aliphatic heterocycles. The summed E-state index contributed by atoms with van der Waals surface area (Å²) >= 11 is 0. The van der Waals surface area contributed by atoms with Crippen LogP contribution in [0.2, 0.25) is 0 Å². The summed E-state index contributed by atoms with van der Waals surface area (Å²) in [6.45, 7) is -1.50. The Morgan fingerprint density at radius 1 is 1.06 bits per heavy atom. The van der Waals surface area contributed by atoms with Crippen LogP contribution in [0.3, 0.4) is 0 Å². The number of nitrogens with one attached hydrogen (secondary N) is 1. The van der Waals surface area contributed by atoms with Gasteiger partial charge < -0.3 is 10.4 Å². The second kappa shape index (κ2) is 4.95. The zero-order valence-corrected chi connectivity index (χ0v) is 8.81. The molecule has 0 aromatic heterocycles. The molecule has 0 spiro atoms. The number of hydrogen-bond donors (Lipinski definition) is 2. The average molecular weight is 273 g/mol. The minimum Gasteiger partial charge on any atom is -0.508 e. The molecule has 1 aromatic carbocycles. The Kier molecular flexibility index (Phi) is 3.98. The van der Waals surface area contributed by atoms with Gasteiger partial charge in [0.2, 0.25) is 0 Å². The minimum absolute atomic E-state index is 0.0434. The first kappa shape index (κ1) is 14.5. The molecule has 1 rings (SSSR count). The Morgan fingerprint density at radius 3 is 2.00 bits per heavy atom. The molecule has 8 heteroatoms. The Balaban J connectivity index is 2.64. The molecule has 0 heterocycles. The SMILES string of the molecule is Oc1ccc(NCC(F)(F)[C@H](F)C(F)(F)F)cc1. The molecule has 0 aliphatic carbocycles. The maximum Gasteiger partial charge on any atom is 0.425 e. The zero-order valence-electron chi connectivity index (χ0n) is 8.81. The molecule has 0 saturated carbocycles. The number of aromatic hydroxyl groups is 1. The third kappa shape index (κ3) is 3.71. The highest BCUT2D eigenvalue weighted by atomic mass is 19.4. The topological polar surface area (TPSA) is 32.3 Å². The lowest BCUT2D eigenvalue weighted by molar-refractivity contribution is -0.240. The monoisotopic (exact) mass is 273 g/mol. The lowest BCUT2D eigenvalue weighted by atomic mass is 10.2. The fourth-order valence-corrected chi connectivity index (χ4v) is 1.13. The minimum atomic E-state index is -5.61. The smallest absolute Gasteiger partial charge is 0.425 e. The second-order valence-electron chi connectivity index (χ2n) is 3.57. The van der Waals surface area contributed by atoms with Gasteiger partial charge in [0, 0.05) is 5.69 Å². The number of phenols is 1. The quantitative estimate of drug-likeness (QED) is 0.651. The molecular weight excluding hydrogens is 264 g/mol. The van der Waals surface area contributed by atoms with Crippen molar-refractivity contribution in [2.24, 2.45) is 0 Å². The fourth-order valence-electron chi connectivity index (χ4n) is 1.13.